The Bertz CT molecular complexity index is 585. The zero-order chi connectivity index (χ0) is 14.7. The second-order valence-corrected chi connectivity index (χ2v) is 5.41. The van der Waals surface area contributed by atoms with Crippen LogP contribution in [0.3, 0.4) is 0 Å². The molecule has 0 saturated carbocycles. The SMILES string of the molecule is Cc1cc(-c2noc(COC3CCNCC3)n2)cc(C)n1. The molecule has 1 N–H and O–H groups in total. The topological polar surface area (TPSA) is 73.1 Å². The van der Waals surface area contributed by atoms with Crippen LogP contribution in [0.1, 0.15) is 30.1 Å². The minimum absolute atomic E-state index is 0.284. The van der Waals surface area contributed by atoms with Crippen LogP contribution >= 0.6 is 0 Å². The van der Waals surface area contributed by atoms with Crippen molar-refractivity contribution in [1.82, 2.24) is 20.4 Å². The molecule has 1 aliphatic heterocycles. The van der Waals surface area contributed by atoms with Gasteiger partial charge in [-0.05, 0) is 51.9 Å². The molecule has 0 bridgehead atoms. The van der Waals surface area contributed by atoms with Gasteiger partial charge in [-0.2, -0.15) is 4.98 Å². The summed E-state index contributed by atoms with van der Waals surface area (Å²) in [5.74, 6) is 1.11. The number of rotatable bonds is 4. The summed E-state index contributed by atoms with van der Waals surface area (Å²) in [4.78, 5) is 8.75. The molecule has 0 spiro atoms. The van der Waals surface area contributed by atoms with Gasteiger partial charge in [0.2, 0.25) is 5.82 Å². The van der Waals surface area contributed by atoms with Gasteiger partial charge in [-0.3, -0.25) is 4.98 Å². The van der Waals surface area contributed by atoms with Crippen LogP contribution in [-0.2, 0) is 11.3 Å². The van der Waals surface area contributed by atoms with E-state index in [1.807, 2.05) is 26.0 Å². The highest BCUT2D eigenvalue weighted by Gasteiger charge is 2.16. The number of hydrogen-bond acceptors (Lipinski definition) is 6. The number of ether oxygens (including phenoxy) is 1. The first-order valence-electron chi connectivity index (χ1n) is 7.31. The smallest absolute Gasteiger partial charge is 0.252 e. The van der Waals surface area contributed by atoms with Crippen LogP contribution in [0.2, 0.25) is 0 Å². The summed E-state index contributed by atoms with van der Waals surface area (Å²) in [5.41, 5.74) is 2.82. The van der Waals surface area contributed by atoms with E-state index in [2.05, 4.69) is 20.4 Å². The van der Waals surface area contributed by atoms with Crippen molar-refractivity contribution >= 4 is 0 Å². The van der Waals surface area contributed by atoms with Crippen molar-refractivity contribution in [1.29, 1.82) is 0 Å². The lowest BCUT2D eigenvalue weighted by Crippen LogP contribution is -2.32. The van der Waals surface area contributed by atoms with Gasteiger partial charge in [-0.25, -0.2) is 0 Å². The van der Waals surface area contributed by atoms with Gasteiger partial charge in [0.05, 0.1) is 6.10 Å². The first-order valence-corrected chi connectivity index (χ1v) is 7.31. The van der Waals surface area contributed by atoms with Crippen LogP contribution in [0.25, 0.3) is 11.4 Å². The molecule has 0 unspecified atom stereocenters. The molecule has 3 rings (SSSR count). The van der Waals surface area contributed by atoms with Gasteiger partial charge in [0.25, 0.3) is 5.89 Å². The van der Waals surface area contributed by atoms with E-state index in [4.69, 9.17) is 9.26 Å². The molecule has 0 aliphatic carbocycles. The Balaban J connectivity index is 1.65. The predicted octanol–water partition coefficient (Wildman–Crippen LogP) is 2.02. The van der Waals surface area contributed by atoms with Crippen LogP contribution in [0, 0.1) is 13.8 Å². The molecule has 0 atom stereocenters. The third kappa shape index (κ3) is 3.65. The van der Waals surface area contributed by atoms with Crippen molar-refractivity contribution < 1.29 is 9.26 Å². The van der Waals surface area contributed by atoms with Crippen molar-refractivity contribution in [3.8, 4) is 11.4 Å². The van der Waals surface area contributed by atoms with Gasteiger partial charge in [0, 0.05) is 17.0 Å². The molecule has 1 aliphatic rings. The first kappa shape index (κ1) is 14.2. The second kappa shape index (κ2) is 6.32. The minimum Gasteiger partial charge on any atom is -0.368 e. The Morgan fingerprint density at radius 3 is 2.62 bits per heavy atom. The van der Waals surface area contributed by atoms with Crippen molar-refractivity contribution in [2.24, 2.45) is 0 Å². The maximum absolute atomic E-state index is 5.82. The van der Waals surface area contributed by atoms with Crippen LogP contribution in [-0.4, -0.2) is 34.3 Å². The van der Waals surface area contributed by atoms with Gasteiger partial charge < -0.3 is 14.6 Å². The summed E-state index contributed by atoms with van der Waals surface area (Å²) in [7, 11) is 0. The third-order valence-electron chi connectivity index (χ3n) is 3.54. The number of hydrogen-bond donors (Lipinski definition) is 1. The highest BCUT2D eigenvalue weighted by Crippen LogP contribution is 2.18. The van der Waals surface area contributed by atoms with E-state index in [0.29, 0.717) is 18.3 Å². The molecule has 2 aromatic heterocycles. The highest BCUT2D eigenvalue weighted by molar-refractivity contribution is 5.55. The zero-order valence-corrected chi connectivity index (χ0v) is 12.4. The molecule has 1 saturated heterocycles. The first-order chi connectivity index (χ1) is 10.2. The fraction of sp³-hybridized carbons (Fsp3) is 0.533. The summed E-state index contributed by atoms with van der Waals surface area (Å²) in [5, 5.41) is 7.34. The predicted molar refractivity (Wildman–Crippen MR) is 77.7 cm³/mol. The summed E-state index contributed by atoms with van der Waals surface area (Å²) in [6.45, 7) is 6.31. The van der Waals surface area contributed by atoms with Gasteiger partial charge in [0.1, 0.15) is 6.61 Å². The molecule has 1 fully saturated rings. The van der Waals surface area contributed by atoms with Gasteiger partial charge in [-0.1, -0.05) is 5.16 Å². The Morgan fingerprint density at radius 1 is 1.19 bits per heavy atom. The Morgan fingerprint density at radius 2 is 1.90 bits per heavy atom. The number of nitrogens with zero attached hydrogens (tertiary/aromatic N) is 3. The lowest BCUT2D eigenvalue weighted by molar-refractivity contribution is 0.00859. The van der Waals surface area contributed by atoms with Crippen molar-refractivity contribution in [3.63, 3.8) is 0 Å². The lowest BCUT2D eigenvalue weighted by Gasteiger charge is -2.21. The van der Waals surface area contributed by atoms with Crippen LogP contribution < -0.4 is 5.32 Å². The molecular formula is C15H20N4O2. The Hall–Kier alpha value is -1.79. The average Bonchev–Trinajstić information content (AvgIpc) is 2.94. The van der Waals surface area contributed by atoms with Gasteiger partial charge >= 0.3 is 0 Å². The van der Waals surface area contributed by atoms with Crippen LogP contribution in [0.5, 0.6) is 0 Å². The lowest BCUT2D eigenvalue weighted by atomic mass is 10.1. The van der Waals surface area contributed by atoms with E-state index < -0.39 is 0 Å². The molecule has 0 radical (unpaired) electrons. The van der Waals surface area contributed by atoms with Gasteiger partial charge in [0.15, 0.2) is 0 Å². The van der Waals surface area contributed by atoms with Crippen molar-refractivity contribution in [2.75, 3.05) is 13.1 Å². The maximum Gasteiger partial charge on any atom is 0.252 e. The highest BCUT2D eigenvalue weighted by atomic mass is 16.5. The maximum atomic E-state index is 5.82. The van der Waals surface area contributed by atoms with E-state index in [0.717, 1.165) is 42.9 Å². The van der Waals surface area contributed by atoms with Gasteiger partial charge in [-0.15, -0.1) is 0 Å². The fourth-order valence-corrected chi connectivity index (χ4v) is 2.55. The monoisotopic (exact) mass is 288 g/mol. The van der Waals surface area contributed by atoms with E-state index in [1.165, 1.54) is 0 Å². The number of aromatic nitrogens is 3. The normalized spacial score (nSPS) is 16.3. The molecule has 2 aromatic rings. The second-order valence-electron chi connectivity index (χ2n) is 5.41. The average molecular weight is 288 g/mol. The molecule has 0 amide bonds. The summed E-state index contributed by atoms with van der Waals surface area (Å²) < 4.78 is 11.1. The summed E-state index contributed by atoms with van der Waals surface area (Å²) in [6.07, 6.45) is 2.35. The van der Waals surface area contributed by atoms with Crippen molar-refractivity contribution in [2.45, 2.75) is 39.4 Å². The Kier molecular flexibility index (Phi) is 4.26. The standard InChI is InChI=1S/C15H20N4O2/c1-10-7-12(8-11(2)17-10)15-18-14(21-19-15)9-20-13-3-5-16-6-4-13/h7-8,13,16H,3-6,9H2,1-2H3. The number of piperidine rings is 1. The number of pyridine rings is 1. The molecule has 3 heterocycles. The fourth-order valence-electron chi connectivity index (χ4n) is 2.55. The van der Waals surface area contributed by atoms with E-state index >= 15 is 0 Å². The van der Waals surface area contributed by atoms with Crippen LogP contribution in [0.15, 0.2) is 16.7 Å². The largest absolute Gasteiger partial charge is 0.368 e. The molecule has 112 valence electrons. The van der Waals surface area contributed by atoms with E-state index in [-0.39, 0.29) is 6.10 Å². The summed E-state index contributed by atoms with van der Waals surface area (Å²) >= 11 is 0. The number of nitrogens with one attached hydrogen (secondary N) is 1. The zero-order valence-electron chi connectivity index (χ0n) is 12.4. The van der Waals surface area contributed by atoms with Crippen molar-refractivity contribution in [3.05, 3.63) is 29.4 Å². The Labute approximate surface area is 123 Å². The molecule has 21 heavy (non-hydrogen) atoms. The molecular weight excluding hydrogens is 268 g/mol. The van der Waals surface area contributed by atoms with E-state index in [9.17, 15) is 0 Å². The number of aryl methyl sites for hydroxylation is 2. The van der Waals surface area contributed by atoms with Crippen LogP contribution in [0.4, 0.5) is 0 Å². The van der Waals surface area contributed by atoms with E-state index in [1.54, 1.807) is 0 Å². The summed E-state index contributed by atoms with van der Waals surface area (Å²) in [6, 6.07) is 3.91. The molecule has 6 nitrogen and oxygen atoms in total. The quantitative estimate of drug-likeness (QED) is 0.928. The minimum atomic E-state index is 0.284. The molecule has 0 aromatic carbocycles. The third-order valence-corrected chi connectivity index (χ3v) is 3.54. The molecule has 6 heteroatoms.